The molecule has 6 rings (SSSR count). The Labute approximate surface area is 223 Å². The fourth-order valence-corrected chi connectivity index (χ4v) is 4.65. The lowest BCUT2D eigenvalue weighted by Crippen LogP contribution is -2.33. The molecule has 2 aliphatic heterocycles. The summed E-state index contributed by atoms with van der Waals surface area (Å²) in [7, 11) is 0. The van der Waals surface area contributed by atoms with E-state index in [-0.39, 0.29) is 22.9 Å². The van der Waals surface area contributed by atoms with E-state index in [1.807, 2.05) is 0 Å². The quantitative estimate of drug-likeness (QED) is 0.208. The van der Waals surface area contributed by atoms with Crippen LogP contribution >= 0.6 is 0 Å². The minimum atomic E-state index is -0.603. The van der Waals surface area contributed by atoms with E-state index in [2.05, 4.69) is 41.6 Å². The third-order valence-corrected chi connectivity index (χ3v) is 6.85. The molecule has 0 radical (unpaired) electrons. The third-order valence-electron chi connectivity index (χ3n) is 6.85. The second kappa shape index (κ2) is 10.3. The number of likely N-dealkylation sites (tertiary alicyclic amines) is 1. The number of urea groups is 1. The molecule has 2 saturated heterocycles. The third kappa shape index (κ3) is 5.53. The smallest absolute Gasteiger partial charge is 0.326 e. The van der Waals surface area contributed by atoms with Gasteiger partial charge in [-0.2, -0.15) is 9.61 Å². The van der Waals surface area contributed by atoms with Gasteiger partial charge in [-0.25, -0.2) is 14.2 Å². The lowest BCUT2D eigenvalue weighted by Gasteiger charge is -2.15. The van der Waals surface area contributed by atoms with Crippen LogP contribution in [0.5, 0.6) is 0 Å². The highest BCUT2D eigenvalue weighted by molar-refractivity contribution is 6.14. The lowest BCUT2D eigenvalue weighted by atomic mass is 10.2. The van der Waals surface area contributed by atoms with Gasteiger partial charge in [-0.05, 0) is 63.0 Å². The highest BCUT2D eigenvalue weighted by atomic mass is 19.1. The number of nitrogens with zero attached hydrogens (tertiary/aromatic N) is 4. The number of carbonyl (C=O) groups excluding carboxylic acids is 3. The number of halogens is 1. The Hall–Kier alpha value is -4.52. The minimum absolute atomic E-state index is 0.0760. The Morgan fingerprint density at radius 3 is 2.69 bits per heavy atom. The Morgan fingerprint density at radius 1 is 1.15 bits per heavy atom. The van der Waals surface area contributed by atoms with Crippen molar-refractivity contribution >= 4 is 46.9 Å². The number of imide groups is 1. The molecule has 0 bridgehead atoms. The summed E-state index contributed by atoms with van der Waals surface area (Å²) < 4.78 is 16.7. The van der Waals surface area contributed by atoms with Gasteiger partial charge in [0.1, 0.15) is 23.1 Å². The number of anilines is 3. The molecule has 4 amide bonds. The van der Waals surface area contributed by atoms with Gasteiger partial charge in [0.25, 0.3) is 11.8 Å². The topological polar surface area (TPSA) is 145 Å². The molecule has 0 unspecified atom stereocenters. The molecular weight excluding hydrogens is 505 g/mol. The first-order chi connectivity index (χ1) is 18.9. The number of amides is 4. The summed E-state index contributed by atoms with van der Waals surface area (Å²) in [6.07, 6.45) is 7.43. The maximum atomic E-state index is 15.1. The molecule has 2 aromatic heterocycles. The van der Waals surface area contributed by atoms with Gasteiger partial charge >= 0.3 is 6.03 Å². The average Bonchev–Trinajstić information content (AvgIpc) is 3.26. The van der Waals surface area contributed by atoms with Crippen molar-refractivity contribution in [3.05, 3.63) is 53.1 Å². The molecule has 3 fully saturated rings. The largest absolute Gasteiger partial charge is 0.367 e. The van der Waals surface area contributed by atoms with Crippen LogP contribution in [0, 0.1) is 5.82 Å². The van der Waals surface area contributed by atoms with Crippen molar-refractivity contribution in [2.45, 2.75) is 31.7 Å². The fraction of sp³-hybridized carbons (Fsp3) is 0.346. The van der Waals surface area contributed by atoms with Crippen LogP contribution in [0.25, 0.3) is 11.7 Å². The van der Waals surface area contributed by atoms with Crippen molar-refractivity contribution in [2.75, 3.05) is 36.8 Å². The van der Waals surface area contributed by atoms with Crippen LogP contribution in [0.15, 0.2) is 36.2 Å². The van der Waals surface area contributed by atoms with Crippen LogP contribution in [-0.2, 0) is 4.79 Å². The van der Waals surface area contributed by atoms with Gasteiger partial charge in [-0.1, -0.05) is 0 Å². The number of hydrogen-bond donors (Lipinski definition) is 5. The molecule has 202 valence electrons. The van der Waals surface area contributed by atoms with E-state index in [1.54, 1.807) is 16.6 Å². The van der Waals surface area contributed by atoms with Crippen molar-refractivity contribution in [2.24, 2.45) is 0 Å². The first-order valence-electron chi connectivity index (χ1n) is 13.0. The van der Waals surface area contributed by atoms with Gasteiger partial charge in [-0.3, -0.25) is 14.9 Å². The van der Waals surface area contributed by atoms with Crippen molar-refractivity contribution in [3.8, 4) is 0 Å². The molecule has 13 heteroatoms. The van der Waals surface area contributed by atoms with Crippen LogP contribution in [0.3, 0.4) is 0 Å². The van der Waals surface area contributed by atoms with E-state index in [4.69, 9.17) is 0 Å². The van der Waals surface area contributed by atoms with Gasteiger partial charge < -0.3 is 26.2 Å². The fourth-order valence-electron chi connectivity index (χ4n) is 4.65. The SMILES string of the molecule is O=C1NC(=O)/C(=C/c2cnn3c(NC4CC4)cc(Nc4ccc(C(=O)NCCN5CCCC5)cc4F)nc23)N1. The van der Waals surface area contributed by atoms with E-state index < -0.39 is 17.8 Å². The molecule has 0 spiro atoms. The van der Waals surface area contributed by atoms with E-state index >= 15 is 4.39 Å². The molecule has 39 heavy (non-hydrogen) atoms. The van der Waals surface area contributed by atoms with Crippen LogP contribution < -0.4 is 26.6 Å². The van der Waals surface area contributed by atoms with Crippen LogP contribution in [-0.4, -0.2) is 69.6 Å². The number of aromatic nitrogens is 3. The Kier molecular flexibility index (Phi) is 6.57. The summed E-state index contributed by atoms with van der Waals surface area (Å²) >= 11 is 0. The Morgan fingerprint density at radius 2 is 1.97 bits per heavy atom. The summed E-state index contributed by atoms with van der Waals surface area (Å²) in [6.45, 7) is 3.39. The molecular formula is C26H28FN9O3. The van der Waals surface area contributed by atoms with E-state index in [0.717, 1.165) is 32.5 Å². The van der Waals surface area contributed by atoms with Crippen LogP contribution in [0.2, 0.25) is 0 Å². The number of hydrogen-bond acceptors (Lipinski definition) is 8. The molecule has 3 aromatic rings. The van der Waals surface area contributed by atoms with Gasteiger partial charge in [0.05, 0.1) is 11.9 Å². The first-order valence-corrected chi connectivity index (χ1v) is 13.0. The van der Waals surface area contributed by atoms with Crippen molar-refractivity contribution in [3.63, 3.8) is 0 Å². The van der Waals surface area contributed by atoms with Gasteiger partial charge in [0, 0.05) is 36.3 Å². The molecule has 5 N–H and O–H groups in total. The number of fused-ring (bicyclic) bond motifs is 1. The van der Waals surface area contributed by atoms with E-state index in [1.165, 1.54) is 37.2 Å². The van der Waals surface area contributed by atoms with E-state index in [9.17, 15) is 14.4 Å². The normalized spacial score (nSPS) is 18.4. The zero-order valence-electron chi connectivity index (χ0n) is 21.1. The number of benzene rings is 1. The Bertz CT molecular complexity index is 1490. The van der Waals surface area contributed by atoms with Crippen molar-refractivity contribution in [1.82, 2.24) is 35.4 Å². The van der Waals surface area contributed by atoms with Gasteiger partial charge in [0.2, 0.25) is 0 Å². The predicted molar refractivity (Wildman–Crippen MR) is 142 cm³/mol. The number of rotatable bonds is 9. The van der Waals surface area contributed by atoms with Crippen molar-refractivity contribution < 1.29 is 18.8 Å². The lowest BCUT2D eigenvalue weighted by molar-refractivity contribution is -0.115. The molecule has 4 heterocycles. The first kappa shape index (κ1) is 24.8. The van der Waals surface area contributed by atoms with Gasteiger partial charge in [0.15, 0.2) is 5.65 Å². The highest BCUT2D eigenvalue weighted by Gasteiger charge is 2.25. The minimum Gasteiger partial charge on any atom is -0.367 e. The van der Waals surface area contributed by atoms with Gasteiger partial charge in [-0.15, -0.1) is 0 Å². The van der Waals surface area contributed by atoms with E-state index in [0.29, 0.717) is 35.4 Å². The zero-order chi connectivity index (χ0) is 26.9. The number of nitrogens with one attached hydrogen (secondary N) is 5. The molecule has 12 nitrogen and oxygen atoms in total. The van der Waals surface area contributed by atoms with Crippen molar-refractivity contribution in [1.29, 1.82) is 0 Å². The highest BCUT2D eigenvalue weighted by Crippen LogP contribution is 2.29. The summed E-state index contributed by atoms with van der Waals surface area (Å²) in [5.41, 5.74) is 1.36. The second-order valence-corrected chi connectivity index (χ2v) is 9.87. The second-order valence-electron chi connectivity index (χ2n) is 9.87. The number of carbonyl (C=O) groups is 3. The predicted octanol–water partition coefficient (Wildman–Crippen LogP) is 2.19. The molecule has 1 aliphatic carbocycles. The van der Waals surface area contributed by atoms with Crippen LogP contribution in [0.1, 0.15) is 41.6 Å². The molecule has 3 aliphatic rings. The Balaban J connectivity index is 1.22. The maximum Gasteiger partial charge on any atom is 0.326 e. The average molecular weight is 534 g/mol. The summed E-state index contributed by atoms with van der Waals surface area (Å²) in [5, 5.41) is 18.2. The molecule has 1 aromatic carbocycles. The molecule has 0 atom stereocenters. The zero-order valence-corrected chi connectivity index (χ0v) is 21.1. The maximum absolute atomic E-state index is 15.1. The monoisotopic (exact) mass is 533 g/mol. The molecule has 1 saturated carbocycles. The standard InChI is InChI=1S/C26H28FN9O3/c27-18-11-15(24(37)28-7-10-35-8-1-2-9-35)3-6-19(18)31-21-13-22(30-17-4-5-17)36-23(33-21)16(14-29-36)12-20-25(38)34-26(39)32-20/h3,6,11-14,17,30H,1-2,4-5,7-10H2,(H,28,37)(H,31,33)(H2,32,34,38,39)/b20-12-. The summed E-state index contributed by atoms with van der Waals surface area (Å²) in [6, 6.07) is 5.68. The van der Waals surface area contributed by atoms with Crippen LogP contribution in [0.4, 0.5) is 26.5 Å². The summed E-state index contributed by atoms with van der Waals surface area (Å²) in [5.74, 6) is -0.486. The summed E-state index contributed by atoms with van der Waals surface area (Å²) in [4.78, 5) is 42.9.